The molecule has 0 aliphatic rings. The molecule has 0 aliphatic heterocycles. The Morgan fingerprint density at radius 3 is 2.76 bits per heavy atom. The minimum absolute atomic E-state index is 0.0977. The van der Waals surface area contributed by atoms with Crippen LogP contribution in [-0.2, 0) is 0 Å². The lowest BCUT2D eigenvalue weighted by molar-refractivity contribution is 0.186. The van der Waals surface area contributed by atoms with E-state index >= 15 is 0 Å². The van der Waals surface area contributed by atoms with Crippen LogP contribution in [0.3, 0.4) is 0 Å². The molecule has 0 radical (unpaired) electrons. The predicted molar refractivity (Wildman–Crippen MR) is 72.0 cm³/mol. The van der Waals surface area contributed by atoms with Crippen molar-refractivity contribution in [1.29, 1.82) is 0 Å². The van der Waals surface area contributed by atoms with Crippen LogP contribution in [0, 0.1) is 5.82 Å². The zero-order chi connectivity index (χ0) is 12.7. The van der Waals surface area contributed by atoms with E-state index in [4.69, 9.17) is 4.74 Å². The van der Waals surface area contributed by atoms with E-state index in [9.17, 15) is 4.39 Å². The Kier molecular flexibility index (Phi) is 6.52. The van der Waals surface area contributed by atoms with Gasteiger partial charge in [-0.05, 0) is 41.0 Å². The largest absolute Gasteiger partial charge is 0.489 e. The van der Waals surface area contributed by atoms with E-state index in [0.29, 0.717) is 10.2 Å². The molecule has 0 fully saturated rings. The van der Waals surface area contributed by atoms with Gasteiger partial charge in [-0.2, -0.15) is 0 Å². The van der Waals surface area contributed by atoms with Crippen molar-refractivity contribution in [2.45, 2.75) is 32.8 Å². The molecular weight excluding hydrogens is 285 g/mol. The third kappa shape index (κ3) is 5.04. The molecule has 1 N–H and O–H groups in total. The first-order valence-electron chi connectivity index (χ1n) is 5.99. The lowest BCUT2D eigenvalue weighted by Crippen LogP contribution is -2.31. The maximum Gasteiger partial charge on any atom is 0.141 e. The molecule has 17 heavy (non-hydrogen) atoms. The summed E-state index contributed by atoms with van der Waals surface area (Å²) >= 11 is 3.13. The quantitative estimate of drug-likeness (QED) is 0.828. The van der Waals surface area contributed by atoms with Crippen LogP contribution in [0.1, 0.15) is 26.7 Å². The first-order valence-corrected chi connectivity index (χ1v) is 6.79. The van der Waals surface area contributed by atoms with Gasteiger partial charge in [0.25, 0.3) is 0 Å². The van der Waals surface area contributed by atoms with Gasteiger partial charge in [-0.25, -0.2) is 4.39 Å². The molecule has 4 heteroatoms. The number of rotatable bonds is 7. The van der Waals surface area contributed by atoms with Crippen LogP contribution in [-0.4, -0.2) is 19.2 Å². The summed E-state index contributed by atoms with van der Waals surface area (Å²) < 4.78 is 19.6. The average molecular weight is 304 g/mol. The standard InChI is InChI=1S/C13H19BrFNO/c1-3-5-11(9-16-4-2)17-10-6-7-12(14)13(15)8-10/h6-8,11,16H,3-5,9H2,1-2H3. The molecule has 0 aromatic heterocycles. The van der Waals surface area contributed by atoms with Crippen molar-refractivity contribution in [2.75, 3.05) is 13.1 Å². The summed E-state index contributed by atoms with van der Waals surface area (Å²) in [6.45, 7) is 5.88. The second kappa shape index (κ2) is 7.67. The van der Waals surface area contributed by atoms with Gasteiger partial charge in [0.2, 0.25) is 0 Å². The Balaban J connectivity index is 2.61. The topological polar surface area (TPSA) is 21.3 Å². The first kappa shape index (κ1) is 14.5. The Labute approximate surface area is 111 Å². The maximum atomic E-state index is 13.3. The lowest BCUT2D eigenvalue weighted by Gasteiger charge is -2.19. The van der Waals surface area contributed by atoms with E-state index in [2.05, 4.69) is 35.1 Å². The minimum atomic E-state index is -0.291. The molecule has 1 rings (SSSR count). The fourth-order valence-corrected chi connectivity index (χ4v) is 1.82. The molecule has 1 aromatic rings. The Hall–Kier alpha value is -0.610. The molecule has 0 aliphatic carbocycles. The van der Waals surface area contributed by atoms with Gasteiger partial charge in [0, 0.05) is 12.6 Å². The Morgan fingerprint density at radius 1 is 1.41 bits per heavy atom. The second-order valence-electron chi connectivity index (χ2n) is 3.91. The molecule has 2 nitrogen and oxygen atoms in total. The fourth-order valence-electron chi connectivity index (χ4n) is 1.57. The molecule has 96 valence electrons. The van der Waals surface area contributed by atoms with Gasteiger partial charge in [-0.1, -0.05) is 20.3 Å². The molecule has 1 aromatic carbocycles. The summed E-state index contributed by atoms with van der Waals surface area (Å²) in [5.74, 6) is 0.295. The predicted octanol–water partition coefficient (Wildman–Crippen LogP) is 3.75. The van der Waals surface area contributed by atoms with E-state index in [-0.39, 0.29) is 11.9 Å². The highest BCUT2D eigenvalue weighted by Gasteiger charge is 2.10. The molecule has 0 heterocycles. The molecule has 0 saturated carbocycles. The third-order valence-corrected chi connectivity index (χ3v) is 3.07. The van der Waals surface area contributed by atoms with E-state index in [0.717, 1.165) is 25.9 Å². The second-order valence-corrected chi connectivity index (χ2v) is 4.77. The molecule has 1 unspecified atom stereocenters. The van der Waals surface area contributed by atoms with Crippen LogP contribution < -0.4 is 10.1 Å². The zero-order valence-electron chi connectivity index (χ0n) is 10.3. The SMILES string of the molecule is CCCC(CNCC)Oc1ccc(Br)c(F)c1. The average Bonchev–Trinajstić information content (AvgIpc) is 2.31. The monoisotopic (exact) mass is 303 g/mol. The van der Waals surface area contributed by atoms with Crippen molar-refractivity contribution in [2.24, 2.45) is 0 Å². The normalized spacial score (nSPS) is 12.5. The number of benzene rings is 1. The zero-order valence-corrected chi connectivity index (χ0v) is 11.9. The van der Waals surface area contributed by atoms with Crippen molar-refractivity contribution in [1.82, 2.24) is 5.32 Å². The van der Waals surface area contributed by atoms with Crippen LogP contribution in [0.4, 0.5) is 4.39 Å². The third-order valence-electron chi connectivity index (χ3n) is 2.43. The fraction of sp³-hybridized carbons (Fsp3) is 0.538. The van der Waals surface area contributed by atoms with Gasteiger partial charge in [-0.3, -0.25) is 0 Å². The van der Waals surface area contributed by atoms with Crippen molar-refractivity contribution in [3.05, 3.63) is 28.5 Å². The Bertz CT molecular complexity index is 346. The number of hydrogen-bond acceptors (Lipinski definition) is 2. The van der Waals surface area contributed by atoms with Crippen molar-refractivity contribution in [3.63, 3.8) is 0 Å². The molecule has 0 bridgehead atoms. The maximum absolute atomic E-state index is 13.3. The van der Waals surface area contributed by atoms with Crippen molar-refractivity contribution >= 4 is 15.9 Å². The van der Waals surface area contributed by atoms with Crippen molar-refractivity contribution in [3.8, 4) is 5.75 Å². The van der Waals surface area contributed by atoms with Crippen LogP contribution in [0.15, 0.2) is 22.7 Å². The van der Waals surface area contributed by atoms with E-state index in [1.165, 1.54) is 6.07 Å². The summed E-state index contributed by atoms with van der Waals surface area (Å²) in [7, 11) is 0. The lowest BCUT2D eigenvalue weighted by atomic mass is 10.2. The molecule has 1 atom stereocenters. The van der Waals surface area contributed by atoms with Crippen LogP contribution in [0.5, 0.6) is 5.75 Å². The summed E-state index contributed by atoms with van der Waals surface area (Å²) in [6.07, 6.45) is 2.11. The molecular formula is C13H19BrFNO. The first-order chi connectivity index (χ1) is 8.17. The van der Waals surface area contributed by atoms with Gasteiger partial charge in [0.1, 0.15) is 17.7 Å². The van der Waals surface area contributed by atoms with Gasteiger partial charge >= 0.3 is 0 Å². The number of likely N-dealkylation sites (N-methyl/N-ethyl adjacent to an activating group) is 1. The summed E-state index contributed by atoms with van der Waals surface area (Å²) in [4.78, 5) is 0. The van der Waals surface area contributed by atoms with E-state index in [1.807, 2.05) is 0 Å². The number of hydrogen-bond donors (Lipinski definition) is 1. The summed E-state index contributed by atoms with van der Waals surface area (Å²) in [5, 5.41) is 3.25. The highest BCUT2D eigenvalue weighted by atomic mass is 79.9. The summed E-state index contributed by atoms with van der Waals surface area (Å²) in [6, 6.07) is 4.86. The van der Waals surface area contributed by atoms with Crippen LogP contribution >= 0.6 is 15.9 Å². The van der Waals surface area contributed by atoms with Crippen molar-refractivity contribution < 1.29 is 9.13 Å². The van der Waals surface area contributed by atoms with Gasteiger partial charge in [0.05, 0.1) is 4.47 Å². The number of halogens is 2. The minimum Gasteiger partial charge on any atom is -0.489 e. The Morgan fingerprint density at radius 2 is 2.18 bits per heavy atom. The highest BCUT2D eigenvalue weighted by molar-refractivity contribution is 9.10. The number of nitrogens with one attached hydrogen (secondary N) is 1. The van der Waals surface area contributed by atoms with Gasteiger partial charge < -0.3 is 10.1 Å². The van der Waals surface area contributed by atoms with E-state index in [1.54, 1.807) is 12.1 Å². The van der Waals surface area contributed by atoms with Gasteiger partial charge in [-0.15, -0.1) is 0 Å². The highest BCUT2D eigenvalue weighted by Crippen LogP contribution is 2.22. The van der Waals surface area contributed by atoms with Crippen LogP contribution in [0.25, 0.3) is 0 Å². The summed E-state index contributed by atoms with van der Waals surface area (Å²) in [5.41, 5.74) is 0. The van der Waals surface area contributed by atoms with E-state index < -0.39 is 0 Å². The number of ether oxygens (including phenoxy) is 1. The van der Waals surface area contributed by atoms with Gasteiger partial charge in [0.15, 0.2) is 0 Å². The smallest absolute Gasteiger partial charge is 0.141 e. The van der Waals surface area contributed by atoms with Crippen LogP contribution in [0.2, 0.25) is 0 Å². The molecule has 0 saturated heterocycles. The molecule has 0 amide bonds. The molecule has 0 spiro atoms.